The van der Waals surface area contributed by atoms with E-state index in [4.69, 9.17) is 4.74 Å². The highest BCUT2D eigenvalue weighted by Gasteiger charge is 2.21. The highest BCUT2D eigenvalue weighted by molar-refractivity contribution is 5.99. The lowest BCUT2D eigenvalue weighted by atomic mass is 10.2. The fraction of sp³-hybridized carbons (Fsp3) is 0.778. The van der Waals surface area contributed by atoms with E-state index in [2.05, 4.69) is 5.32 Å². The summed E-state index contributed by atoms with van der Waals surface area (Å²) >= 11 is 0. The lowest BCUT2D eigenvalue weighted by Crippen LogP contribution is -2.51. The van der Waals surface area contributed by atoms with Gasteiger partial charge in [-0.3, -0.25) is 19.8 Å². The molecule has 2 amide bonds. The van der Waals surface area contributed by atoms with Crippen molar-refractivity contribution in [2.75, 3.05) is 33.4 Å². The minimum Gasteiger partial charge on any atom is -0.385 e. The van der Waals surface area contributed by atoms with Gasteiger partial charge >= 0.3 is 0 Å². The van der Waals surface area contributed by atoms with Crippen molar-refractivity contribution in [1.29, 1.82) is 0 Å². The summed E-state index contributed by atoms with van der Waals surface area (Å²) in [5.74, 6) is -0.402. The van der Waals surface area contributed by atoms with Gasteiger partial charge < -0.3 is 4.74 Å². The molecule has 1 rings (SSSR count). The number of nitrogens with zero attached hydrogens (tertiary/aromatic N) is 1. The van der Waals surface area contributed by atoms with E-state index >= 15 is 0 Å². The number of hydrogen-bond acceptors (Lipinski definition) is 4. The minimum absolute atomic E-state index is 0.201. The molecule has 1 saturated heterocycles. The van der Waals surface area contributed by atoms with Crippen molar-refractivity contribution >= 4 is 11.8 Å². The Morgan fingerprint density at radius 3 is 2.50 bits per heavy atom. The molecule has 0 aromatic carbocycles. The first-order valence-corrected chi connectivity index (χ1v) is 4.76. The third-order valence-electron chi connectivity index (χ3n) is 2.09. The van der Waals surface area contributed by atoms with Crippen molar-refractivity contribution < 1.29 is 14.3 Å². The van der Waals surface area contributed by atoms with Gasteiger partial charge in [-0.1, -0.05) is 0 Å². The molecule has 5 heteroatoms. The van der Waals surface area contributed by atoms with E-state index in [1.807, 2.05) is 4.90 Å². The van der Waals surface area contributed by atoms with Crippen LogP contribution >= 0.6 is 0 Å². The van der Waals surface area contributed by atoms with Gasteiger partial charge in [-0.25, -0.2) is 0 Å². The standard InChI is InChI=1S/C9H16N2O3/c1-14-5-3-2-4-11-6-8(12)10-9(13)7-11/h2-7H2,1H3,(H,10,12,13). The van der Waals surface area contributed by atoms with Crippen LogP contribution in [0.1, 0.15) is 12.8 Å². The summed E-state index contributed by atoms with van der Waals surface area (Å²) in [7, 11) is 1.66. The first-order valence-electron chi connectivity index (χ1n) is 4.76. The second-order valence-electron chi connectivity index (χ2n) is 3.38. The van der Waals surface area contributed by atoms with Crippen molar-refractivity contribution in [3.8, 4) is 0 Å². The number of hydrogen-bond donors (Lipinski definition) is 1. The summed E-state index contributed by atoms with van der Waals surface area (Å²) in [6.45, 7) is 2.17. The molecule has 1 aliphatic heterocycles. The molecule has 1 N–H and O–H groups in total. The molecule has 5 nitrogen and oxygen atoms in total. The molecule has 0 atom stereocenters. The second-order valence-corrected chi connectivity index (χ2v) is 3.38. The van der Waals surface area contributed by atoms with Gasteiger partial charge in [-0.2, -0.15) is 0 Å². The van der Waals surface area contributed by atoms with Gasteiger partial charge in [0.15, 0.2) is 0 Å². The Morgan fingerprint density at radius 1 is 1.29 bits per heavy atom. The van der Waals surface area contributed by atoms with Crippen molar-refractivity contribution in [1.82, 2.24) is 10.2 Å². The zero-order chi connectivity index (χ0) is 10.4. The van der Waals surface area contributed by atoms with Crippen molar-refractivity contribution in [2.24, 2.45) is 0 Å². The smallest absolute Gasteiger partial charge is 0.240 e. The van der Waals surface area contributed by atoms with Crippen LogP contribution < -0.4 is 5.32 Å². The summed E-state index contributed by atoms with van der Waals surface area (Å²) in [5, 5.41) is 2.27. The normalized spacial score (nSPS) is 18.4. The third kappa shape index (κ3) is 3.85. The van der Waals surface area contributed by atoms with E-state index in [9.17, 15) is 9.59 Å². The zero-order valence-corrected chi connectivity index (χ0v) is 8.41. The molecular formula is C9H16N2O3. The summed E-state index contributed by atoms with van der Waals surface area (Å²) in [4.78, 5) is 23.8. The van der Waals surface area contributed by atoms with E-state index in [-0.39, 0.29) is 11.8 Å². The van der Waals surface area contributed by atoms with Crippen molar-refractivity contribution in [2.45, 2.75) is 12.8 Å². The van der Waals surface area contributed by atoms with Crippen LogP contribution in [0.2, 0.25) is 0 Å². The molecule has 0 unspecified atom stereocenters. The Hall–Kier alpha value is -0.940. The Bertz CT molecular complexity index is 202. The molecule has 14 heavy (non-hydrogen) atoms. The van der Waals surface area contributed by atoms with Crippen LogP contribution in [0.3, 0.4) is 0 Å². The van der Waals surface area contributed by atoms with Gasteiger partial charge in [0.25, 0.3) is 0 Å². The maximum atomic E-state index is 11.0. The van der Waals surface area contributed by atoms with Crippen LogP contribution in [-0.4, -0.2) is 50.1 Å². The second kappa shape index (κ2) is 5.72. The van der Waals surface area contributed by atoms with Gasteiger partial charge in [-0.15, -0.1) is 0 Å². The Morgan fingerprint density at radius 2 is 1.93 bits per heavy atom. The van der Waals surface area contributed by atoms with E-state index in [1.54, 1.807) is 7.11 Å². The molecule has 0 aromatic heterocycles. The maximum absolute atomic E-state index is 11.0. The predicted octanol–water partition coefficient (Wildman–Crippen LogP) is -0.629. The lowest BCUT2D eigenvalue weighted by Gasteiger charge is -2.24. The first-order chi connectivity index (χ1) is 6.72. The lowest BCUT2D eigenvalue weighted by molar-refractivity contribution is -0.136. The average Bonchev–Trinajstić information content (AvgIpc) is 2.11. The SMILES string of the molecule is COCCCCN1CC(=O)NC(=O)C1. The molecule has 80 valence electrons. The van der Waals surface area contributed by atoms with Crippen LogP contribution in [-0.2, 0) is 14.3 Å². The summed E-state index contributed by atoms with van der Waals surface area (Å²) in [6.07, 6.45) is 1.91. The predicted molar refractivity (Wildman–Crippen MR) is 50.7 cm³/mol. The molecule has 0 spiro atoms. The number of carbonyl (C=O) groups is 2. The summed E-state index contributed by atoms with van der Waals surface area (Å²) in [6, 6.07) is 0. The average molecular weight is 200 g/mol. The van der Waals surface area contributed by atoms with Crippen LogP contribution in [0, 0.1) is 0 Å². The Kier molecular flexibility index (Phi) is 4.55. The van der Waals surface area contributed by atoms with Crippen LogP contribution in [0.25, 0.3) is 0 Å². The van der Waals surface area contributed by atoms with Crippen LogP contribution in [0.15, 0.2) is 0 Å². The van der Waals surface area contributed by atoms with E-state index < -0.39 is 0 Å². The zero-order valence-electron chi connectivity index (χ0n) is 8.41. The molecule has 1 aliphatic rings. The number of piperazine rings is 1. The highest BCUT2D eigenvalue weighted by atomic mass is 16.5. The molecule has 1 fully saturated rings. The van der Waals surface area contributed by atoms with E-state index in [0.717, 1.165) is 26.0 Å². The molecule has 0 radical (unpaired) electrons. The Labute approximate surface area is 83.4 Å². The summed E-state index contributed by atoms with van der Waals surface area (Å²) in [5.41, 5.74) is 0. The summed E-state index contributed by atoms with van der Waals surface area (Å²) < 4.78 is 4.91. The molecule has 0 bridgehead atoms. The quantitative estimate of drug-likeness (QED) is 0.474. The fourth-order valence-corrected chi connectivity index (χ4v) is 1.44. The van der Waals surface area contributed by atoms with Gasteiger partial charge in [0.05, 0.1) is 13.1 Å². The van der Waals surface area contributed by atoms with E-state index in [0.29, 0.717) is 13.1 Å². The number of methoxy groups -OCH3 is 1. The van der Waals surface area contributed by atoms with E-state index in [1.165, 1.54) is 0 Å². The third-order valence-corrected chi connectivity index (χ3v) is 2.09. The first kappa shape index (κ1) is 11.1. The molecule has 0 saturated carbocycles. The number of unbranched alkanes of at least 4 members (excludes halogenated alkanes) is 1. The van der Waals surface area contributed by atoms with Crippen molar-refractivity contribution in [3.63, 3.8) is 0 Å². The fourth-order valence-electron chi connectivity index (χ4n) is 1.44. The number of ether oxygens (including phenoxy) is 1. The number of nitrogens with one attached hydrogen (secondary N) is 1. The largest absolute Gasteiger partial charge is 0.385 e. The number of imide groups is 1. The van der Waals surface area contributed by atoms with Gasteiger partial charge in [0, 0.05) is 13.7 Å². The highest BCUT2D eigenvalue weighted by Crippen LogP contribution is 1.98. The molecule has 1 heterocycles. The molecule has 0 aliphatic carbocycles. The van der Waals surface area contributed by atoms with Crippen molar-refractivity contribution in [3.05, 3.63) is 0 Å². The van der Waals surface area contributed by atoms with Crippen LogP contribution in [0.4, 0.5) is 0 Å². The molecular weight excluding hydrogens is 184 g/mol. The minimum atomic E-state index is -0.201. The van der Waals surface area contributed by atoms with Gasteiger partial charge in [-0.05, 0) is 19.4 Å². The van der Waals surface area contributed by atoms with Crippen LogP contribution in [0.5, 0.6) is 0 Å². The number of rotatable bonds is 5. The van der Waals surface area contributed by atoms with Gasteiger partial charge in [0.1, 0.15) is 0 Å². The maximum Gasteiger partial charge on any atom is 0.240 e. The number of carbonyl (C=O) groups excluding carboxylic acids is 2. The topological polar surface area (TPSA) is 58.6 Å². The monoisotopic (exact) mass is 200 g/mol. The Balaban J connectivity index is 2.17. The number of amides is 2. The van der Waals surface area contributed by atoms with Gasteiger partial charge in [0.2, 0.25) is 11.8 Å². The molecule has 0 aromatic rings.